The normalized spacial score (nSPS) is 12.5. The maximum Gasteiger partial charge on any atom is 0.130 e. The first-order valence-corrected chi connectivity index (χ1v) is 6.27. The highest BCUT2D eigenvalue weighted by atomic mass is 79.9. The number of hydrogen-bond donors (Lipinski definition) is 2. The third kappa shape index (κ3) is 4.90. The van der Waals surface area contributed by atoms with Gasteiger partial charge in [-0.2, -0.15) is 0 Å². The van der Waals surface area contributed by atoms with Crippen LogP contribution in [0, 0.1) is 12.8 Å². The van der Waals surface area contributed by atoms with E-state index < -0.39 is 0 Å². The first-order chi connectivity index (χ1) is 7.61. The van der Waals surface area contributed by atoms with E-state index in [9.17, 15) is 0 Å². The summed E-state index contributed by atoms with van der Waals surface area (Å²) in [4.78, 5) is 8.41. The molecule has 1 aromatic rings. The van der Waals surface area contributed by atoms with Crippen molar-refractivity contribution in [1.82, 2.24) is 9.97 Å². The smallest absolute Gasteiger partial charge is 0.130 e. The molecule has 0 saturated heterocycles. The molecular weight excluding hydrogens is 270 g/mol. The molecule has 1 aromatic heterocycles. The zero-order valence-corrected chi connectivity index (χ0v) is 11.3. The van der Waals surface area contributed by atoms with Crippen LogP contribution in [-0.2, 0) is 0 Å². The van der Waals surface area contributed by atoms with Gasteiger partial charge in [-0.25, -0.2) is 9.97 Å². The summed E-state index contributed by atoms with van der Waals surface area (Å²) in [5.74, 6) is 1.97. The van der Waals surface area contributed by atoms with Crippen molar-refractivity contribution in [2.75, 3.05) is 18.5 Å². The quantitative estimate of drug-likeness (QED) is 0.623. The van der Waals surface area contributed by atoms with Gasteiger partial charge in [0.25, 0.3) is 0 Å². The van der Waals surface area contributed by atoms with Crippen LogP contribution in [-0.4, -0.2) is 28.2 Å². The van der Waals surface area contributed by atoms with E-state index in [1.807, 2.05) is 19.9 Å². The second-order valence-corrected chi connectivity index (χ2v) is 4.79. The van der Waals surface area contributed by atoms with Crippen LogP contribution >= 0.6 is 15.9 Å². The van der Waals surface area contributed by atoms with Gasteiger partial charge < -0.3 is 10.4 Å². The Hall–Kier alpha value is -0.680. The Kier molecular flexibility index (Phi) is 5.69. The number of rotatable bonds is 6. The third-order valence-electron chi connectivity index (χ3n) is 2.30. The van der Waals surface area contributed by atoms with E-state index in [1.54, 1.807) is 0 Å². The number of nitrogens with zero attached hydrogens (tertiary/aromatic N) is 2. The van der Waals surface area contributed by atoms with E-state index in [0.29, 0.717) is 5.92 Å². The minimum atomic E-state index is 0.262. The van der Waals surface area contributed by atoms with Crippen LogP contribution in [0.4, 0.5) is 5.82 Å². The number of anilines is 1. The van der Waals surface area contributed by atoms with Crippen LogP contribution in [0.15, 0.2) is 10.7 Å². The van der Waals surface area contributed by atoms with Crippen LogP contribution in [0.5, 0.6) is 0 Å². The van der Waals surface area contributed by atoms with E-state index in [0.717, 1.165) is 35.6 Å². The van der Waals surface area contributed by atoms with Crippen molar-refractivity contribution < 1.29 is 5.11 Å². The second-order valence-electron chi connectivity index (χ2n) is 3.98. The highest BCUT2D eigenvalue weighted by Gasteiger charge is 2.01. The summed E-state index contributed by atoms with van der Waals surface area (Å²) < 4.78 is 0.797. The molecule has 1 rings (SSSR count). The van der Waals surface area contributed by atoms with Gasteiger partial charge in [0, 0.05) is 19.2 Å². The molecular formula is C11H18BrN3O. The Bertz CT molecular complexity index is 313. The van der Waals surface area contributed by atoms with Crippen molar-refractivity contribution in [2.24, 2.45) is 5.92 Å². The Labute approximate surface area is 105 Å². The zero-order chi connectivity index (χ0) is 12.0. The van der Waals surface area contributed by atoms with Crippen molar-refractivity contribution in [2.45, 2.75) is 26.7 Å². The third-order valence-corrected chi connectivity index (χ3v) is 2.70. The van der Waals surface area contributed by atoms with Crippen LogP contribution in [0.1, 0.15) is 25.6 Å². The molecule has 0 amide bonds. The molecule has 90 valence electrons. The van der Waals surface area contributed by atoms with Gasteiger partial charge in [0.1, 0.15) is 16.2 Å². The van der Waals surface area contributed by atoms with Crippen molar-refractivity contribution in [3.05, 3.63) is 16.5 Å². The standard InChI is InChI=1S/C11H18BrN3O/c1-8(7-16)4-3-5-13-11-6-10(12)14-9(2)15-11/h6,8,16H,3-5,7H2,1-2H3,(H,13,14,15). The lowest BCUT2D eigenvalue weighted by Crippen LogP contribution is -2.08. The zero-order valence-electron chi connectivity index (χ0n) is 9.70. The first kappa shape index (κ1) is 13.4. The van der Waals surface area contributed by atoms with E-state index in [-0.39, 0.29) is 6.61 Å². The highest BCUT2D eigenvalue weighted by molar-refractivity contribution is 9.10. The van der Waals surface area contributed by atoms with Gasteiger partial charge in [-0.15, -0.1) is 0 Å². The Balaban J connectivity index is 2.32. The fourth-order valence-corrected chi connectivity index (χ4v) is 1.85. The van der Waals surface area contributed by atoms with Crippen LogP contribution in [0.2, 0.25) is 0 Å². The van der Waals surface area contributed by atoms with Gasteiger partial charge in [-0.3, -0.25) is 0 Å². The van der Waals surface area contributed by atoms with Gasteiger partial charge in [-0.05, 0) is 41.6 Å². The van der Waals surface area contributed by atoms with Crippen molar-refractivity contribution in [3.8, 4) is 0 Å². The lowest BCUT2D eigenvalue weighted by Gasteiger charge is -2.09. The summed E-state index contributed by atoms with van der Waals surface area (Å²) >= 11 is 3.33. The number of aliphatic hydroxyl groups excluding tert-OH is 1. The van der Waals surface area contributed by atoms with E-state index in [2.05, 4.69) is 31.2 Å². The molecule has 1 atom stereocenters. The van der Waals surface area contributed by atoms with Crippen LogP contribution in [0.3, 0.4) is 0 Å². The molecule has 2 N–H and O–H groups in total. The van der Waals surface area contributed by atoms with Crippen molar-refractivity contribution in [1.29, 1.82) is 0 Å². The molecule has 1 heterocycles. The molecule has 0 aromatic carbocycles. The van der Waals surface area contributed by atoms with Gasteiger partial charge in [0.05, 0.1) is 0 Å². The molecule has 1 unspecified atom stereocenters. The summed E-state index contributed by atoms with van der Waals surface area (Å²) in [7, 11) is 0. The minimum Gasteiger partial charge on any atom is -0.396 e. The average molecular weight is 288 g/mol. The molecule has 0 aliphatic heterocycles. The molecule has 0 saturated carbocycles. The molecule has 0 bridgehead atoms. The van der Waals surface area contributed by atoms with E-state index >= 15 is 0 Å². The SMILES string of the molecule is Cc1nc(Br)cc(NCCCC(C)CO)n1. The number of aliphatic hydroxyl groups is 1. The van der Waals surface area contributed by atoms with Crippen molar-refractivity contribution in [3.63, 3.8) is 0 Å². The lowest BCUT2D eigenvalue weighted by molar-refractivity contribution is 0.229. The van der Waals surface area contributed by atoms with Gasteiger partial charge >= 0.3 is 0 Å². The molecule has 0 aliphatic carbocycles. The molecule has 0 aliphatic rings. The maximum atomic E-state index is 8.88. The van der Waals surface area contributed by atoms with Gasteiger partial charge in [0.2, 0.25) is 0 Å². The van der Waals surface area contributed by atoms with E-state index in [4.69, 9.17) is 5.11 Å². The average Bonchev–Trinajstić information content (AvgIpc) is 2.22. The minimum absolute atomic E-state index is 0.262. The summed E-state index contributed by atoms with van der Waals surface area (Å²) in [5, 5.41) is 12.1. The molecule has 0 fully saturated rings. The molecule has 0 radical (unpaired) electrons. The van der Waals surface area contributed by atoms with E-state index in [1.165, 1.54) is 0 Å². The maximum absolute atomic E-state index is 8.88. The largest absolute Gasteiger partial charge is 0.396 e. The summed E-state index contributed by atoms with van der Waals surface area (Å²) in [5.41, 5.74) is 0. The summed E-state index contributed by atoms with van der Waals surface area (Å²) in [6.45, 7) is 5.04. The van der Waals surface area contributed by atoms with Gasteiger partial charge in [-0.1, -0.05) is 6.92 Å². The molecule has 4 nitrogen and oxygen atoms in total. The molecule has 0 spiro atoms. The van der Waals surface area contributed by atoms with Crippen molar-refractivity contribution >= 4 is 21.7 Å². The number of hydrogen-bond acceptors (Lipinski definition) is 4. The number of aromatic nitrogens is 2. The fourth-order valence-electron chi connectivity index (χ4n) is 1.38. The Morgan fingerprint density at radius 1 is 1.50 bits per heavy atom. The Morgan fingerprint density at radius 3 is 2.88 bits per heavy atom. The predicted octanol–water partition coefficient (Wildman–Crippen LogP) is 2.37. The number of aryl methyl sites for hydroxylation is 1. The molecule has 16 heavy (non-hydrogen) atoms. The highest BCUT2D eigenvalue weighted by Crippen LogP contribution is 2.12. The summed E-state index contributed by atoms with van der Waals surface area (Å²) in [6.07, 6.45) is 2.05. The first-order valence-electron chi connectivity index (χ1n) is 5.47. The predicted molar refractivity (Wildman–Crippen MR) is 68.4 cm³/mol. The topological polar surface area (TPSA) is 58.0 Å². The van der Waals surface area contributed by atoms with Gasteiger partial charge in [0.15, 0.2) is 0 Å². The monoisotopic (exact) mass is 287 g/mol. The Morgan fingerprint density at radius 2 is 2.25 bits per heavy atom. The molecule has 5 heteroatoms. The lowest BCUT2D eigenvalue weighted by atomic mass is 10.1. The number of nitrogens with one attached hydrogen (secondary N) is 1. The second kappa shape index (κ2) is 6.81. The fraction of sp³-hybridized carbons (Fsp3) is 0.636. The summed E-state index contributed by atoms with van der Waals surface area (Å²) in [6, 6.07) is 1.86. The number of halogens is 1. The van der Waals surface area contributed by atoms with Crippen LogP contribution in [0.25, 0.3) is 0 Å². The van der Waals surface area contributed by atoms with Crippen LogP contribution < -0.4 is 5.32 Å².